The van der Waals surface area contributed by atoms with Crippen molar-refractivity contribution in [2.45, 2.75) is 12.1 Å². The van der Waals surface area contributed by atoms with Crippen molar-refractivity contribution in [2.24, 2.45) is 0 Å². The SMILES string of the molecule is COc1ccc(OC)c(N2C(=S)N[C@H](c3ccccn3)[C@@H]2c2ccco2)c1. The van der Waals surface area contributed by atoms with Gasteiger partial charge in [0.2, 0.25) is 0 Å². The van der Waals surface area contributed by atoms with Crippen molar-refractivity contribution in [2.75, 3.05) is 19.1 Å². The van der Waals surface area contributed by atoms with Gasteiger partial charge in [0.05, 0.1) is 37.9 Å². The molecule has 7 heteroatoms. The highest BCUT2D eigenvalue weighted by Gasteiger charge is 2.43. The highest BCUT2D eigenvalue weighted by Crippen LogP contribution is 2.45. The van der Waals surface area contributed by atoms with Crippen molar-refractivity contribution in [3.63, 3.8) is 0 Å². The maximum Gasteiger partial charge on any atom is 0.174 e. The number of methoxy groups -OCH3 is 2. The van der Waals surface area contributed by atoms with Gasteiger partial charge in [-0.05, 0) is 48.6 Å². The Bertz CT molecular complexity index is 931. The van der Waals surface area contributed by atoms with E-state index in [1.54, 1.807) is 26.7 Å². The van der Waals surface area contributed by atoms with Crippen LogP contribution in [0.15, 0.2) is 65.4 Å². The summed E-state index contributed by atoms with van der Waals surface area (Å²) in [5.41, 5.74) is 1.68. The van der Waals surface area contributed by atoms with Gasteiger partial charge < -0.3 is 24.1 Å². The van der Waals surface area contributed by atoms with Gasteiger partial charge in [0, 0.05) is 12.3 Å². The summed E-state index contributed by atoms with van der Waals surface area (Å²) < 4.78 is 16.7. The molecular weight excluding hydrogens is 362 g/mol. The maximum atomic E-state index is 5.76. The number of furan rings is 1. The predicted molar refractivity (Wildman–Crippen MR) is 106 cm³/mol. The van der Waals surface area contributed by atoms with Gasteiger partial charge in [-0.25, -0.2) is 0 Å². The van der Waals surface area contributed by atoms with E-state index >= 15 is 0 Å². The van der Waals surface area contributed by atoms with Gasteiger partial charge in [-0.2, -0.15) is 0 Å². The first-order chi connectivity index (χ1) is 13.2. The monoisotopic (exact) mass is 381 g/mol. The zero-order valence-electron chi connectivity index (χ0n) is 15.0. The van der Waals surface area contributed by atoms with Crippen molar-refractivity contribution < 1.29 is 13.9 Å². The molecule has 1 aromatic carbocycles. The van der Waals surface area contributed by atoms with Crippen LogP contribution in [0.1, 0.15) is 23.5 Å². The smallest absolute Gasteiger partial charge is 0.174 e. The Morgan fingerprint density at radius 2 is 2.00 bits per heavy atom. The van der Waals surface area contributed by atoms with Gasteiger partial charge >= 0.3 is 0 Å². The molecule has 1 N–H and O–H groups in total. The number of aromatic nitrogens is 1. The molecule has 3 heterocycles. The number of nitrogens with one attached hydrogen (secondary N) is 1. The van der Waals surface area contributed by atoms with Crippen LogP contribution in [0.3, 0.4) is 0 Å². The first-order valence-corrected chi connectivity index (χ1v) is 8.90. The van der Waals surface area contributed by atoms with Crippen molar-refractivity contribution in [3.05, 3.63) is 72.4 Å². The normalized spacial score (nSPS) is 19.0. The standard InChI is InChI=1S/C20H19N3O3S/c1-24-13-8-9-16(25-2)15(12-13)23-19(17-7-5-11-26-17)18(22-20(23)27)14-6-3-4-10-21-14/h3-12,18-19H,1-2H3,(H,22,27)/t18-,19+/m1/s1. The number of anilines is 1. The molecule has 4 rings (SSSR count). The Labute approximate surface area is 162 Å². The number of thiocarbonyl (C=S) groups is 1. The Balaban J connectivity index is 1.85. The number of hydrogen-bond donors (Lipinski definition) is 1. The molecule has 0 saturated carbocycles. The number of rotatable bonds is 5. The topological polar surface area (TPSA) is 59.8 Å². The van der Waals surface area contributed by atoms with Crippen molar-refractivity contribution in [3.8, 4) is 11.5 Å². The van der Waals surface area contributed by atoms with Crippen LogP contribution >= 0.6 is 12.2 Å². The fourth-order valence-corrected chi connectivity index (χ4v) is 3.69. The van der Waals surface area contributed by atoms with Crippen LogP contribution in [0, 0.1) is 0 Å². The summed E-state index contributed by atoms with van der Waals surface area (Å²) in [6, 6.07) is 14.9. The number of ether oxygens (including phenoxy) is 2. The summed E-state index contributed by atoms with van der Waals surface area (Å²) in [6.07, 6.45) is 3.43. The largest absolute Gasteiger partial charge is 0.497 e. The van der Waals surface area contributed by atoms with E-state index in [1.165, 1.54) is 0 Å². The van der Waals surface area contributed by atoms with Crippen molar-refractivity contribution >= 4 is 23.0 Å². The van der Waals surface area contributed by atoms with Gasteiger partial charge in [0.15, 0.2) is 5.11 Å². The summed E-state index contributed by atoms with van der Waals surface area (Å²) in [5.74, 6) is 2.19. The molecule has 138 valence electrons. The van der Waals surface area contributed by atoms with Crippen molar-refractivity contribution in [1.29, 1.82) is 0 Å². The molecule has 0 amide bonds. The second-order valence-electron chi connectivity index (χ2n) is 6.05. The van der Waals surface area contributed by atoms with Crippen LogP contribution < -0.4 is 19.7 Å². The van der Waals surface area contributed by atoms with Crippen LogP contribution in [0.5, 0.6) is 11.5 Å². The lowest BCUT2D eigenvalue weighted by Crippen LogP contribution is -2.29. The van der Waals surface area contributed by atoms with Crippen molar-refractivity contribution in [1.82, 2.24) is 10.3 Å². The lowest BCUT2D eigenvalue weighted by molar-refractivity contribution is 0.399. The van der Waals surface area contributed by atoms with E-state index in [1.807, 2.05) is 53.4 Å². The average Bonchev–Trinajstić information content (AvgIpc) is 3.35. The Kier molecular flexibility index (Phi) is 4.68. The minimum atomic E-state index is -0.219. The van der Waals surface area contributed by atoms with E-state index in [2.05, 4.69) is 10.3 Å². The molecule has 1 fully saturated rings. The summed E-state index contributed by atoms with van der Waals surface area (Å²) in [5, 5.41) is 3.95. The second-order valence-corrected chi connectivity index (χ2v) is 6.44. The Morgan fingerprint density at radius 3 is 2.67 bits per heavy atom. The highest BCUT2D eigenvalue weighted by molar-refractivity contribution is 7.80. The van der Waals surface area contributed by atoms with E-state index in [0.29, 0.717) is 16.6 Å². The molecule has 27 heavy (non-hydrogen) atoms. The third-order valence-corrected chi connectivity index (χ3v) is 4.89. The summed E-state index contributed by atoms with van der Waals surface area (Å²) in [7, 11) is 3.27. The van der Waals surface area contributed by atoms with Crippen LogP contribution in [0.25, 0.3) is 0 Å². The lowest BCUT2D eigenvalue weighted by atomic mass is 10.0. The first-order valence-electron chi connectivity index (χ1n) is 8.49. The van der Waals surface area contributed by atoms with Gasteiger partial charge in [0.25, 0.3) is 0 Å². The van der Waals surface area contributed by atoms with Crippen LogP contribution in [0.4, 0.5) is 5.69 Å². The van der Waals surface area contributed by atoms with E-state index in [4.69, 9.17) is 26.1 Å². The van der Waals surface area contributed by atoms with Gasteiger partial charge in [-0.15, -0.1) is 0 Å². The minimum absolute atomic E-state index is 0.166. The zero-order chi connectivity index (χ0) is 18.8. The molecule has 2 aromatic heterocycles. The summed E-state index contributed by atoms with van der Waals surface area (Å²) in [4.78, 5) is 6.51. The molecule has 2 atom stereocenters. The second kappa shape index (κ2) is 7.28. The third-order valence-electron chi connectivity index (χ3n) is 4.58. The molecule has 1 aliphatic heterocycles. The predicted octanol–water partition coefficient (Wildman–Crippen LogP) is 3.87. The number of nitrogens with zero attached hydrogens (tertiary/aromatic N) is 2. The summed E-state index contributed by atoms with van der Waals surface area (Å²) in [6.45, 7) is 0. The summed E-state index contributed by atoms with van der Waals surface area (Å²) >= 11 is 5.69. The average molecular weight is 381 g/mol. The molecule has 1 saturated heterocycles. The molecule has 0 bridgehead atoms. The van der Waals surface area contributed by atoms with Crippen LogP contribution in [0.2, 0.25) is 0 Å². The number of pyridine rings is 1. The Hall–Kier alpha value is -3.06. The van der Waals surface area contributed by atoms with Crippen LogP contribution in [-0.2, 0) is 0 Å². The third kappa shape index (κ3) is 3.10. The van der Waals surface area contributed by atoms with E-state index in [-0.39, 0.29) is 12.1 Å². The minimum Gasteiger partial charge on any atom is -0.497 e. The van der Waals surface area contributed by atoms with Crippen LogP contribution in [-0.4, -0.2) is 24.3 Å². The maximum absolute atomic E-state index is 5.76. The first kappa shape index (κ1) is 17.4. The molecule has 0 spiro atoms. The highest BCUT2D eigenvalue weighted by atomic mass is 32.1. The fraction of sp³-hybridized carbons (Fsp3) is 0.200. The number of benzene rings is 1. The van der Waals surface area contributed by atoms with Gasteiger partial charge in [-0.3, -0.25) is 4.98 Å². The van der Waals surface area contributed by atoms with Gasteiger partial charge in [-0.1, -0.05) is 6.07 Å². The molecule has 6 nitrogen and oxygen atoms in total. The molecule has 1 aliphatic rings. The molecule has 0 radical (unpaired) electrons. The quantitative estimate of drug-likeness (QED) is 0.673. The molecular formula is C20H19N3O3S. The fourth-order valence-electron chi connectivity index (χ4n) is 3.35. The molecule has 0 unspecified atom stereocenters. The zero-order valence-corrected chi connectivity index (χ0v) is 15.8. The number of hydrogen-bond acceptors (Lipinski definition) is 5. The molecule has 3 aromatic rings. The lowest BCUT2D eigenvalue weighted by Gasteiger charge is -2.27. The van der Waals surface area contributed by atoms with E-state index in [9.17, 15) is 0 Å². The van der Waals surface area contributed by atoms with E-state index in [0.717, 1.165) is 17.1 Å². The Morgan fingerprint density at radius 1 is 1.11 bits per heavy atom. The van der Waals surface area contributed by atoms with E-state index < -0.39 is 0 Å². The van der Waals surface area contributed by atoms with Gasteiger partial charge in [0.1, 0.15) is 23.3 Å². The molecule has 0 aliphatic carbocycles.